The van der Waals surface area contributed by atoms with Gasteiger partial charge in [0.15, 0.2) is 0 Å². The molecule has 0 spiro atoms. The van der Waals surface area contributed by atoms with Gasteiger partial charge in [0.1, 0.15) is 11.6 Å². The lowest BCUT2D eigenvalue weighted by atomic mass is 9.93. The smallest absolute Gasteiger partial charge is 0.337 e. The summed E-state index contributed by atoms with van der Waals surface area (Å²) in [7, 11) is 1.53. The summed E-state index contributed by atoms with van der Waals surface area (Å²) in [6.45, 7) is 1.66. The molecule has 1 aromatic heterocycles. The van der Waals surface area contributed by atoms with Crippen LogP contribution in [0.1, 0.15) is 102 Å². The molecule has 0 saturated heterocycles. The number of carbonyl (C=O) groups excluding carboxylic acids is 1. The van der Waals surface area contributed by atoms with E-state index in [2.05, 4.69) is 0 Å². The van der Waals surface area contributed by atoms with Gasteiger partial charge in [0.2, 0.25) is 5.78 Å². The number of aliphatic hydroxyl groups is 1. The molecule has 0 atom stereocenters. The van der Waals surface area contributed by atoms with Crippen LogP contribution in [0.4, 0.5) is 8.78 Å². The third-order valence-electron chi connectivity index (χ3n) is 7.31. The topological polar surface area (TPSA) is 79.5 Å². The summed E-state index contributed by atoms with van der Waals surface area (Å²) < 4.78 is 30.6. The first kappa shape index (κ1) is 30.2. The number of hydrogen-bond donors (Lipinski definition) is 2. The summed E-state index contributed by atoms with van der Waals surface area (Å²) in [5.74, 6) is -3.24. The van der Waals surface area contributed by atoms with Gasteiger partial charge in [-0.15, -0.1) is 0 Å². The molecule has 0 radical (unpaired) electrons. The molecule has 5 nitrogen and oxygen atoms in total. The van der Waals surface area contributed by atoms with E-state index < -0.39 is 23.4 Å². The number of carbonyl (C=O) groups is 2. The van der Waals surface area contributed by atoms with Crippen LogP contribution in [0, 0.1) is 18.6 Å². The zero-order valence-electron chi connectivity index (χ0n) is 22.9. The second-order valence-corrected chi connectivity index (χ2v) is 10.2. The summed E-state index contributed by atoms with van der Waals surface area (Å²) in [5.41, 5.74) is 0.833. The fourth-order valence-electron chi connectivity index (χ4n) is 5.09. The minimum absolute atomic E-state index is 0.00106. The van der Waals surface area contributed by atoms with E-state index in [4.69, 9.17) is 5.11 Å². The molecule has 0 fully saturated rings. The van der Waals surface area contributed by atoms with Crippen LogP contribution in [0.5, 0.6) is 0 Å². The van der Waals surface area contributed by atoms with Crippen LogP contribution >= 0.6 is 0 Å². The molecule has 0 amide bonds. The summed E-state index contributed by atoms with van der Waals surface area (Å²) in [6, 6.07) is 9.14. The minimum atomic E-state index is -1.32. The molecule has 3 aromatic rings. The molecule has 0 bridgehead atoms. The average Bonchev–Trinajstić information content (AvgIpc) is 3.26. The molecule has 7 heteroatoms. The third kappa shape index (κ3) is 7.85. The van der Waals surface area contributed by atoms with E-state index in [1.54, 1.807) is 12.1 Å². The molecular weight excluding hydrogens is 500 g/mol. The van der Waals surface area contributed by atoms with Gasteiger partial charge < -0.3 is 14.8 Å². The number of rotatable bonds is 16. The van der Waals surface area contributed by atoms with Crippen molar-refractivity contribution < 1.29 is 28.6 Å². The summed E-state index contributed by atoms with van der Waals surface area (Å²) in [6.07, 6.45) is 13.8. The van der Waals surface area contributed by atoms with Crippen LogP contribution in [0.15, 0.2) is 42.6 Å². The maximum Gasteiger partial charge on any atom is 0.337 e. The molecule has 0 saturated carbocycles. The van der Waals surface area contributed by atoms with Crippen molar-refractivity contribution in [1.82, 2.24) is 4.57 Å². The number of nitrogens with zero attached hydrogens (tertiary/aromatic N) is 1. The van der Waals surface area contributed by atoms with Crippen molar-refractivity contribution in [2.24, 2.45) is 7.05 Å². The van der Waals surface area contributed by atoms with Gasteiger partial charge in [-0.05, 0) is 49.4 Å². The van der Waals surface area contributed by atoms with Crippen molar-refractivity contribution in [3.8, 4) is 11.1 Å². The number of aromatic carboxylic acids is 1. The van der Waals surface area contributed by atoms with Gasteiger partial charge in [-0.25, -0.2) is 13.6 Å². The van der Waals surface area contributed by atoms with E-state index in [9.17, 15) is 23.5 Å². The lowest BCUT2D eigenvalue weighted by Crippen LogP contribution is -2.10. The highest BCUT2D eigenvalue weighted by atomic mass is 19.1. The van der Waals surface area contributed by atoms with Crippen LogP contribution < -0.4 is 0 Å². The Hall–Kier alpha value is -3.32. The first-order valence-electron chi connectivity index (χ1n) is 13.9. The Morgan fingerprint density at radius 2 is 1.31 bits per heavy atom. The Balaban J connectivity index is 1.64. The van der Waals surface area contributed by atoms with E-state index in [1.165, 1.54) is 63.3 Å². The lowest BCUT2D eigenvalue weighted by Gasteiger charge is -2.12. The SMILES string of the molecule is Cc1c(F)ccc(F)c1-c1c(C(=O)O)cn(C)c1C(=O)c1ccc(CCCCCCCCCCCCO)cc1. The zero-order valence-corrected chi connectivity index (χ0v) is 22.9. The molecular formula is C32H39F2NO4. The Bertz CT molecular complexity index is 1260. The fraction of sp³-hybridized carbons (Fsp3) is 0.438. The Kier molecular flexibility index (Phi) is 11.4. The Labute approximate surface area is 229 Å². The normalized spacial score (nSPS) is 11.2. The number of unbranched alkanes of at least 4 members (excludes halogenated alkanes) is 9. The number of carboxylic acid groups (broad SMARTS) is 1. The van der Waals surface area contributed by atoms with Gasteiger partial charge in [-0.2, -0.15) is 0 Å². The molecule has 210 valence electrons. The highest BCUT2D eigenvalue weighted by Crippen LogP contribution is 2.36. The van der Waals surface area contributed by atoms with E-state index in [-0.39, 0.29) is 34.6 Å². The van der Waals surface area contributed by atoms with Crippen LogP contribution in [0.3, 0.4) is 0 Å². The maximum absolute atomic E-state index is 14.9. The predicted octanol–water partition coefficient (Wildman–Crippen LogP) is 7.64. The summed E-state index contributed by atoms with van der Waals surface area (Å²) >= 11 is 0. The number of benzene rings is 2. The molecule has 0 aliphatic carbocycles. The van der Waals surface area contributed by atoms with Crippen molar-refractivity contribution in [2.75, 3.05) is 6.61 Å². The molecule has 1 heterocycles. The number of carboxylic acids is 1. The predicted molar refractivity (Wildman–Crippen MR) is 149 cm³/mol. The molecule has 39 heavy (non-hydrogen) atoms. The van der Waals surface area contributed by atoms with Crippen molar-refractivity contribution in [1.29, 1.82) is 0 Å². The Morgan fingerprint density at radius 3 is 1.87 bits per heavy atom. The molecule has 0 unspecified atom stereocenters. The van der Waals surface area contributed by atoms with E-state index >= 15 is 0 Å². The number of ketones is 1. The van der Waals surface area contributed by atoms with E-state index in [0.717, 1.165) is 49.8 Å². The largest absolute Gasteiger partial charge is 0.478 e. The number of aliphatic hydroxyl groups excluding tert-OH is 1. The summed E-state index contributed by atoms with van der Waals surface area (Å²) in [4.78, 5) is 25.5. The van der Waals surface area contributed by atoms with Crippen LogP contribution in [0.25, 0.3) is 11.1 Å². The van der Waals surface area contributed by atoms with Gasteiger partial charge in [0.25, 0.3) is 0 Å². The van der Waals surface area contributed by atoms with Crippen LogP contribution in [-0.4, -0.2) is 33.1 Å². The third-order valence-corrected chi connectivity index (χ3v) is 7.31. The maximum atomic E-state index is 14.9. The second-order valence-electron chi connectivity index (χ2n) is 10.2. The van der Waals surface area contributed by atoms with Crippen molar-refractivity contribution in [3.05, 3.63) is 82.2 Å². The van der Waals surface area contributed by atoms with Crippen LogP contribution in [0.2, 0.25) is 0 Å². The van der Waals surface area contributed by atoms with Crippen molar-refractivity contribution in [3.63, 3.8) is 0 Å². The zero-order chi connectivity index (χ0) is 28.4. The molecule has 2 aromatic carbocycles. The average molecular weight is 540 g/mol. The highest BCUT2D eigenvalue weighted by Gasteiger charge is 2.29. The second kappa shape index (κ2) is 14.7. The molecule has 3 rings (SSSR count). The number of aromatic nitrogens is 1. The van der Waals surface area contributed by atoms with Crippen LogP contribution in [-0.2, 0) is 13.5 Å². The first-order valence-corrected chi connectivity index (χ1v) is 13.9. The van der Waals surface area contributed by atoms with Gasteiger partial charge in [0, 0.05) is 36.5 Å². The quantitative estimate of drug-likeness (QED) is 0.145. The van der Waals surface area contributed by atoms with Gasteiger partial charge >= 0.3 is 5.97 Å². The van der Waals surface area contributed by atoms with Gasteiger partial charge in [-0.1, -0.05) is 75.6 Å². The highest BCUT2D eigenvalue weighted by molar-refractivity contribution is 6.15. The van der Waals surface area contributed by atoms with E-state index in [0.29, 0.717) is 5.56 Å². The van der Waals surface area contributed by atoms with Crippen molar-refractivity contribution in [2.45, 2.75) is 77.6 Å². The van der Waals surface area contributed by atoms with Gasteiger partial charge in [-0.3, -0.25) is 4.79 Å². The molecule has 0 aliphatic rings. The fourth-order valence-corrected chi connectivity index (χ4v) is 5.09. The monoisotopic (exact) mass is 539 g/mol. The lowest BCUT2D eigenvalue weighted by molar-refractivity contribution is 0.0697. The number of halogens is 2. The van der Waals surface area contributed by atoms with Gasteiger partial charge in [0.05, 0.1) is 11.3 Å². The minimum Gasteiger partial charge on any atom is -0.478 e. The number of aryl methyl sites for hydroxylation is 2. The first-order chi connectivity index (χ1) is 18.8. The Morgan fingerprint density at radius 1 is 0.769 bits per heavy atom. The molecule has 0 aliphatic heterocycles. The number of hydrogen-bond acceptors (Lipinski definition) is 3. The summed E-state index contributed by atoms with van der Waals surface area (Å²) in [5, 5.41) is 18.6. The van der Waals surface area contributed by atoms with E-state index in [1.807, 2.05) is 12.1 Å². The van der Waals surface area contributed by atoms with Crippen molar-refractivity contribution >= 4 is 11.8 Å². The standard InChI is InChI=1S/C32H39F2NO4/c1-22-26(33)18-19-27(34)28(22)29-25(32(38)39)21-35(2)30(29)31(37)24-16-14-23(15-17-24)13-11-9-7-5-3-4-6-8-10-12-20-36/h14-19,21,36H,3-13,20H2,1-2H3,(H,38,39). The molecule has 2 N–H and O–H groups in total.